The molecule has 0 aliphatic rings. The van der Waals surface area contributed by atoms with Gasteiger partial charge in [-0.15, -0.1) is 0 Å². The van der Waals surface area contributed by atoms with E-state index in [1.165, 1.54) is 18.1 Å². The molecule has 156 valence electrons. The van der Waals surface area contributed by atoms with Crippen LogP contribution in [0.1, 0.15) is 21.5 Å². The van der Waals surface area contributed by atoms with Crippen LogP contribution in [0.5, 0.6) is 17.2 Å². The molecule has 0 aliphatic heterocycles. The minimum Gasteiger partial charge on any atom is -0.506 e. The monoisotopic (exact) mass is 421 g/mol. The Morgan fingerprint density at radius 2 is 1.76 bits per heavy atom. The van der Waals surface area contributed by atoms with Crippen LogP contribution in [0.4, 0.5) is 0 Å². The topological polar surface area (TPSA) is 85.3 Å². The maximum atomic E-state index is 13.0. The minimum absolute atomic E-state index is 0.0335. The lowest BCUT2D eigenvalue weighted by molar-refractivity contribution is -0.141. The molecule has 7 nitrogen and oxygen atoms in total. The molecule has 0 radical (unpaired) electrons. The van der Waals surface area contributed by atoms with Crippen molar-refractivity contribution < 1.29 is 28.9 Å². The molecule has 0 bridgehead atoms. The van der Waals surface area contributed by atoms with Gasteiger partial charge in [0.05, 0.1) is 31.9 Å². The molecular formula is C21H24ClNO6. The van der Waals surface area contributed by atoms with E-state index in [0.29, 0.717) is 23.5 Å². The first-order chi connectivity index (χ1) is 13.8. The molecule has 0 saturated carbocycles. The number of amides is 1. The Bertz CT molecular complexity index is 899. The maximum absolute atomic E-state index is 13.0. The van der Waals surface area contributed by atoms with E-state index in [1.807, 2.05) is 6.07 Å². The van der Waals surface area contributed by atoms with Gasteiger partial charge in [0.1, 0.15) is 12.3 Å². The fraction of sp³-hybridized carbons (Fsp3) is 0.333. The average molecular weight is 422 g/mol. The first-order valence-electron chi connectivity index (χ1n) is 8.86. The zero-order valence-corrected chi connectivity index (χ0v) is 17.6. The molecule has 0 unspecified atom stereocenters. The SMILES string of the molecule is COC(=O)CN(CCc1ccc(OC)c(OC)c1)C(=O)c1cc(C)cc(Cl)c1O. The Kier molecular flexibility index (Phi) is 7.73. The van der Waals surface area contributed by atoms with E-state index in [0.717, 1.165) is 5.56 Å². The Morgan fingerprint density at radius 3 is 2.38 bits per heavy atom. The molecule has 2 aromatic carbocycles. The lowest BCUT2D eigenvalue weighted by Crippen LogP contribution is -2.37. The van der Waals surface area contributed by atoms with Gasteiger partial charge < -0.3 is 24.2 Å². The highest BCUT2D eigenvalue weighted by molar-refractivity contribution is 6.32. The number of ether oxygens (including phenoxy) is 3. The summed E-state index contributed by atoms with van der Waals surface area (Å²) in [5.74, 6) is -0.233. The number of phenols is 1. The number of phenolic OH excluding ortho intramolecular Hbond substituents is 1. The van der Waals surface area contributed by atoms with Crippen molar-refractivity contribution in [3.8, 4) is 17.2 Å². The predicted molar refractivity (Wildman–Crippen MR) is 109 cm³/mol. The first kappa shape index (κ1) is 22.4. The summed E-state index contributed by atoms with van der Waals surface area (Å²) in [5, 5.41) is 10.3. The number of hydrogen-bond acceptors (Lipinski definition) is 6. The number of aromatic hydroxyl groups is 1. The van der Waals surface area contributed by atoms with Crippen molar-refractivity contribution in [1.82, 2.24) is 4.90 Å². The Balaban J connectivity index is 2.27. The molecule has 2 aromatic rings. The Labute approximate surface area is 174 Å². The number of hydrogen-bond donors (Lipinski definition) is 1. The van der Waals surface area contributed by atoms with Crippen LogP contribution in [-0.4, -0.2) is 56.3 Å². The number of benzene rings is 2. The smallest absolute Gasteiger partial charge is 0.325 e. The first-order valence-corrected chi connectivity index (χ1v) is 9.24. The molecule has 29 heavy (non-hydrogen) atoms. The largest absolute Gasteiger partial charge is 0.506 e. The third-order valence-corrected chi connectivity index (χ3v) is 4.68. The third kappa shape index (κ3) is 5.54. The van der Waals surface area contributed by atoms with Crippen molar-refractivity contribution in [1.29, 1.82) is 0 Å². The highest BCUT2D eigenvalue weighted by atomic mass is 35.5. The zero-order chi connectivity index (χ0) is 21.6. The van der Waals surface area contributed by atoms with Crippen molar-refractivity contribution in [3.63, 3.8) is 0 Å². The van der Waals surface area contributed by atoms with E-state index in [1.54, 1.807) is 39.3 Å². The number of esters is 1. The van der Waals surface area contributed by atoms with Gasteiger partial charge in [0.2, 0.25) is 0 Å². The lowest BCUT2D eigenvalue weighted by Gasteiger charge is -2.22. The summed E-state index contributed by atoms with van der Waals surface area (Å²) in [7, 11) is 4.34. The molecule has 2 rings (SSSR count). The van der Waals surface area contributed by atoms with Gasteiger partial charge in [0.15, 0.2) is 11.5 Å². The molecule has 8 heteroatoms. The summed E-state index contributed by atoms with van der Waals surface area (Å²) in [6.45, 7) is 1.72. The van der Waals surface area contributed by atoms with E-state index in [2.05, 4.69) is 0 Å². The summed E-state index contributed by atoms with van der Waals surface area (Å²) in [6.07, 6.45) is 0.448. The van der Waals surface area contributed by atoms with E-state index >= 15 is 0 Å². The molecule has 0 heterocycles. The predicted octanol–water partition coefficient (Wildman–Crippen LogP) is 3.23. The molecule has 0 aromatic heterocycles. The van der Waals surface area contributed by atoms with Gasteiger partial charge >= 0.3 is 5.97 Å². The lowest BCUT2D eigenvalue weighted by atomic mass is 10.1. The van der Waals surface area contributed by atoms with E-state index in [9.17, 15) is 14.7 Å². The summed E-state index contributed by atoms with van der Waals surface area (Å²) < 4.78 is 15.2. The normalized spacial score (nSPS) is 10.4. The molecule has 0 spiro atoms. The van der Waals surface area contributed by atoms with E-state index < -0.39 is 11.9 Å². The van der Waals surface area contributed by atoms with Gasteiger partial charge in [-0.05, 0) is 48.7 Å². The van der Waals surface area contributed by atoms with E-state index in [-0.39, 0.29) is 29.4 Å². The zero-order valence-electron chi connectivity index (χ0n) is 16.8. The second kappa shape index (κ2) is 10.0. The van der Waals surface area contributed by atoms with Crippen LogP contribution in [0.15, 0.2) is 30.3 Å². The maximum Gasteiger partial charge on any atom is 0.325 e. The van der Waals surface area contributed by atoms with Crippen LogP contribution < -0.4 is 9.47 Å². The molecule has 0 saturated heterocycles. The minimum atomic E-state index is -0.566. The number of nitrogens with zero attached hydrogens (tertiary/aromatic N) is 1. The standard InChI is InChI=1S/C21H24ClNO6/c1-13-9-15(20(25)16(22)10-13)21(26)23(12-19(24)29-4)8-7-14-5-6-17(27-2)18(11-14)28-3/h5-6,9-11,25H,7-8,12H2,1-4H3. The van der Waals surface area contributed by atoms with E-state index in [4.69, 9.17) is 25.8 Å². The van der Waals surface area contributed by atoms with Crippen LogP contribution in [0.3, 0.4) is 0 Å². The van der Waals surface area contributed by atoms with Gasteiger partial charge in [-0.3, -0.25) is 9.59 Å². The highest BCUT2D eigenvalue weighted by Crippen LogP contribution is 2.30. The molecule has 1 amide bonds. The summed E-state index contributed by atoms with van der Waals surface area (Å²) in [5.41, 5.74) is 1.64. The van der Waals surface area contributed by atoms with Gasteiger partial charge in [0, 0.05) is 6.54 Å². The van der Waals surface area contributed by atoms with Gasteiger partial charge in [-0.2, -0.15) is 0 Å². The van der Waals surface area contributed by atoms with Crippen LogP contribution in [0, 0.1) is 6.92 Å². The quantitative estimate of drug-likeness (QED) is 0.659. The molecular weight excluding hydrogens is 398 g/mol. The number of carbonyl (C=O) groups excluding carboxylic acids is 2. The Hall–Kier alpha value is -2.93. The highest BCUT2D eigenvalue weighted by Gasteiger charge is 2.23. The number of halogens is 1. The molecule has 0 atom stereocenters. The number of carbonyl (C=O) groups is 2. The van der Waals surface area contributed by atoms with Crippen molar-refractivity contribution >= 4 is 23.5 Å². The third-order valence-electron chi connectivity index (χ3n) is 4.39. The second-order valence-corrected chi connectivity index (χ2v) is 6.79. The fourth-order valence-electron chi connectivity index (χ4n) is 2.84. The summed E-state index contributed by atoms with van der Waals surface area (Å²) in [6, 6.07) is 8.52. The molecule has 0 fully saturated rings. The van der Waals surface area contributed by atoms with Crippen LogP contribution in [0.25, 0.3) is 0 Å². The number of aryl methyl sites for hydroxylation is 1. The van der Waals surface area contributed by atoms with Crippen LogP contribution in [-0.2, 0) is 16.0 Å². The van der Waals surface area contributed by atoms with Gasteiger partial charge in [0.25, 0.3) is 5.91 Å². The summed E-state index contributed by atoms with van der Waals surface area (Å²) >= 11 is 6.00. The van der Waals surface area contributed by atoms with Gasteiger partial charge in [-0.1, -0.05) is 17.7 Å². The van der Waals surface area contributed by atoms with Crippen molar-refractivity contribution in [2.45, 2.75) is 13.3 Å². The van der Waals surface area contributed by atoms with Crippen molar-refractivity contribution in [2.24, 2.45) is 0 Å². The average Bonchev–Trinajstić information content (AvgIpc) is 2.72. The van der Waals surface area contributed by atoms with Crippen LogP contribution in [0.2, 0.25) is 5.02 Å². The fourth-order valence-corrected chi connectivity index (χ4v) is 3.11. The second-order valence-electron chi connectivity index (χ2n) is 6.39. The molecule has 1 N–H and O–H groups in total. The van der Waals surface area contributed by atoms with Crippen LogP contribution >= 0.6 is 11.6 Å². The number of rotatable bonds is 8. The number of methoxy groups -OCH3 is 3. The van der Waals surface area contributed by atoms with Gasteiger partial charge in [-0.25, -0.2) is 0 Å². The van der Waals surface area contributed by atoms with Crippen molar-refractivity contribution in [3.05, 3.63) is 52.0 Å². The molecule has 0 aliphatic carbocycles. The Morgan fingerprint density at radius 1 is 1.07 bits per heavy atom. The van der Waals surface area contributed by atoms with Crippen molar-refractivity contribution in [2.75, 3.05) is 34.4 Å². The summed E-state index contributed by atoms with van der Waals surface area (Å²) in [4.78, 5) is 26.2.